The average Bonchev–Trinajstić information content (AvgIpc) is 2.42. The molecular formula is C16H19BrN2. The van der Waals surface area contributed by atoms with Crippen LogP contribution in [0.5, 0.6) is 0 Å². The highest BCUT2D eigenvalue weighted by Crippen LogP contribution is 2.27. The van der Waals surface area contributed by atoms with Crippen LogP contribution in [0.3, 0.4) is 0 Å². The first-order valence-electron chi connectivity index (χ1n) is 6.48. The van der Waals surface area contributed by atoms with E-state index in [4.69, 9.17) is 0 Å². The summed E-state index contributed by atoms with van der Waals surface area (Å²) in [6.45, 7) is 1.05. The van der Waals surface area contributed by atoms with Crippen molar-refractivity contribution in [2.45, 2.75) is 12.3 Å². The Morgan fingerprint density at radius 1 is 1.11 bits per heavy atom. The number of nitrogens with zero attached hydrogens (tertiary/aromatic N) is 2. The van der Waals surface area contributed by atoms with Gasteiger partial charge in [-0.05, 0) is 56.9 Å². The molecule has 0 unspecified atom stereocenters. The monoisotopic (exact) mass is 318 g/mol. The normalized spacial score (nSPS) is 12.6. The maximum atomic E-state index is 4.53. The molecule has 2 aromatic rings. The van der Waals surface area contributed by atoms with Gasteiger partial charge >= 0.3 is 0 Å². The largest absolute Gasteiger partial charge is 0.309 e. The lowest BCUT2D eigenvalue weighted by atomic mass is 9.92. The predicted molar refractivity (Wildman–Crippen MR) is 83.4 cm³/mol. The second-order valence-electron chi connectivity index (χ2n) is 4.95. The summed E-state index contributed by atoms with van der Waals surface area (Å²) < 4.78 is 1.11. The van der Waals surface area contributed by atoms with Gasteiger partial charge in [0, 0.05) is 22.3 Å². The minimum absolute atomic E-state index is 0.358. The minimum Gasteiger partial charge on any atom is -0.309 e. The zero-order valence-corrected chi connectivity index (χ0v) is 13.0. The topological polar surface area (TPSA) is 16.1 Å². The molecule has 0 N–H and O–H groups in total. The number of halogens is 1. The number of benzene rings is 1. The van der Waals surface area contributed by atoms with Crippen molar-refractivity contribution >= 4 is 15.9 Å². The van der Waals surface area contributed by atoms with Gasteiger partial charge in [-0.2, -0.15) is 0 Å². The maximum Gasteiger partial charge on any atom is 0.0478 e. The molecule has 1 aromatic heterocycles. The molecule has 0 radical (unpaired) electrons. The van der Waals surface area contributed by atoms with Crippen LogP contribution in [0, 0.1) is 0 Å². The molecule has 0 bridgehead atoms. The van der Waals surface area contributed by atoms with Crippen molar-refractivity contribution in [2.24, 2.45) is 0 Å². The summed E-state index contributed by atoms with van der Waals surface area (Å²) in [4.78, 5) is 6.74. The Balaban J connectivity index is 2.26. The Kier molecular flexibility index (Phi) is 5.11. The van der Waals surface area contributed by atoms with Gasteiger partial charge in [-0.3, -0.25) is 4.98 Å². The van der Waals surface area contributed by atoms with Crippen molar-refractivity contribution < 1.29 is 0 Å². The highest BCUT2D eigenvalue weighted by molar-refractivity contribution is 9.10. The van der Waals surface area contributed by atoms with Crippen LogP contribution in [0.15, 0.2) is 53.1 Å². The first-order valence-corrected chi connectivity index (χ1v) is 7.27. The van der Waals surface area contributed by atoms with E-state index >= 15 is 0 Å². The molecule has 0 aliphatic carbocycles. The van der Waals surface area contributed by atoms with Gasteiger partial charge in [0.15, 0.2) is 0 Å². The van der Waals surface area contributed by atoms with Crippen molar-refractivity contribution in [3.8, 4) is 0 Å². The lowest BCUT2D eigenvalue weighted by Crippen LogP contribution is -2.17. The predicted octanol–water partition coefficient (Wildman–Crippen LogP) is 3.93. The van der Waals surface area contributed by atoms with Crippen molar-refractivity contribution in [1.82, 2.24) is 9.88 Å². The number of rotatable bonds is 5. The van der Waals surface area contributed by atoms with E-state index in [-0.39, 0.29) is 0 Å². The van der Waals surface area contributed by atoms with Crippen molar-refractivity contribution in [1.29, 1.82) is 0 Å². The van der Waals surface area contributed by atoms with Crippen LogP contribution in [0.25, 0.3) is 0 Å². The molecule has 0 saturated heterocycles. The molecular weight excluding hydrogens is 300 g/mol. The highest BCUT2D eigenvalue weighted by atomic mass is 79.9. The first kappa shape index (κ1) is 14.2. The van der Waals surface area contributed by atoms with Crippen LogP contribution in [0.2, 0.25) is 0 Å². The van der Waals surface area contributed by atoms with Gasteiger partial charge in [-0.25, -0.2) is 0 Å². The minimum atomic E-state index is 0.358. The molecule has 100 valence electrons. The molecule has 0 aliphatic heterocycles. The van der Waals surface area contributed by atoms with Crippen molar-refractivity contribution in [3.05, 3.63) is 64.4 Å². The van der Waals surface area contributed by atoms with Crippen LogP contribution in [-0.4, -0.2) is 30.5 Å². The van der Waals surface area contributed by atoms with Gasteiger partial charge in [0.25, 0.3) is 0 Å². The molecule has 1 atom stereocenters. The standard InChI is InChI=1S/C16H19BrN2/c1-19(2)12-10-15(16-5-3-4-11-18-16)13-6-8-14(17)9-7-13/h3-9,11,15H,10,12H2,1-2H3/t15-/m1/s1. The Labute approximate surface area is 123 Å². The molecule has 0 fully saturated rings. The fraction of sp³-hybridized carbons (Fsp3) is 0.312. The highest BCUT2D eigenvalue weighted by Gasteiger charge is 2.15. The zero-order valence-electron chi connectivity index (χ0n) is 11.4. The molecule has 1 heterocycles. The van der Waals surface area contributed by atoms with E-state index in [1.54, 1.807) is 0 Å². The molecule has 2 nitrogen and oxygen atoms in total. The fourth-order valence-corrected chi connectivity index (χ4v) is 2.41. The molecule has 1 aromatic carbocycles. The summed E-state index contributed by atoms with van der Waals surface area (Å²) in [7, 11) is 4.22. The quantitative estimate of drug-likeness (QED) is 0.830. The molecule has 2 rings (SSSR count). The molecule has 0 amide bonds. The van der Waals surface area contributed by atoms with Crippen LogP contribution >= 0.6 is 15.9 Å². The zero-order chi connectivity index (χ0) is 13.7. The Morgan fingerprint density at radius 2 is 1.84 bits per heavy atom. The van der Waals surface area contributed by atoms with Gasteiger partial charge in [-0.1, -0.05) is 34.1 Å². The summed E-state index contributed by atoms with van der Waals surface area (Å²) in [6.07, 6.45) is 2.95. The smallest absolute Gasteiger partial charge is 0.0478 e. The lowest BCUT2D eigenvalue weighted by molar-refractivity contribution is 0.389. The molecule has 3 heteroatoms. The Morgan fingerprint density at radius 3 is 2.42 bits per heavy atom. The third-order valence-corrected chi connectivity index (χ3v) is 3.71. The van der Waals surface area contributed by atoms with Crippen molar-refractivity contribution in [3.63, 3.8) is 0 Å². The molecule has 19 heavy (non-hydrogen) atoms. The van der Waals surface area contributed by atoms with Gasteiger partial charge in [-0.15, -0.1) is 0 Å². The second kappa shape index (κ2) is 6.83. The summed E-state index contributed by atoms with van der Waals surface area (Å²) in [5.74, 6) is 0.358. The van der Waals surface area contributed by atoms with E-state index in [9.17, 15) is 0 Å². The van der Waals surface area contributed by atoms with Crippen molar-refractivity contribution in [2.75, 3.05) is 20.6 Å². The second-order valence-corrected chi connectivity index (χ2v) is 5.87. The van der Waals surface area contributed by atoms with E-state index in [0.29, 0.717) is 5.92 Å². The van der Waals surface area contributed by atoms with E-state index < -0.39 is 0 Å². The Hall–Kier alpha value is -1.19. The number of hydrogen-bond donors (Lipinski definition) is 0. The SMILES string of the molecule is CN(C)CC[C@H](c1ccc(Br)cc1)c1ccccn1. The van der Waals surface area contributed by atoms with E-state index in [0.717, 1.165) is 23.1 Å². The van der Waals surface area contributed by atoms with Crippen LogP contribution in [0.1, 0.15) is 23.6 Å². The van der Waals surface area contributed by atoms with Crippen LogP contribution in [-0.2, 0) is 0 Å². The summed E-state index contributed by atoms with van der Waals surface area (Å²) >= 11 is 3.49. The summed E-state index contributed by atoms with van der Waals surface area (Å²) in [5.41, 5.74) is 2.47. The summed E-state index contributed by atoms with van der Waals surface area (Å²) in [5, 5.41) is 0. The van der Waals surface area contributed by atoms with E-state index in [1.807, 2.05) is 12.3 Å². The lowest BCUT2D eigenvalue weighted by Gasteiger charge is -2.19. The molecule has 0 saturated carbocycles. The number of aromatic nitrogens is 1. The number of pyridine rings is 1. The molecule has 0 spiro atoms. The first-order chi connectivity index (χ1) is 9.16. The van der Waals surface area contributed by atoms with Crippen LogP contribution < -0.4 is 0 Å². The van der Waals surface area contributed by atoms with Gasteiger partial charge in [0.1, 0.15) is 0 Å². The van der Waals surface area contributed by atoms with Gasteiger partial charge in [0.05, 0.1) is 0 Å². The van der Waals surface area contributed by atoms with E-state index in [1.165, 1.54) is 5.56 Å². The summed E-state index contributed by atoms with van der Waals surface area (Å²) in [6, 6.07) is 14.7. The Bertz CT molecular complexity index is 494. The number of hydrogen-bond acceptors (Lipinski definition) is 2. The maximum absolute atomic E-state index is 4.53. The van der Waals surface area contributed by atoms with E-state index in [2.05, 4.69) is 76.3 Å². The molecule has 0 aliphatic rings. The third kappa shape index (κ3) is 4.15. The van der Waals surface area contributed by atoms with Gasteiger partial charge < -0.3 is 4.90 Å². The van der Waals surface area contributed by atoms with Crippen LogP contribution in [0.4, 0.5) is 0 Å². The third-order valence-electron chi connectivity index (χ3n) is 3.18. The van der Waals surface area contributed by atoms with Gasteiger partial charge in [0.2, 0.25) is 0 Å². The average molecular weight is 319 g/mol. The fourth-order valence-electron chi connectivity index (χ4n) is 2.15.